The van der Waals surface area contributed by atoms with E-state index >= 15 is 0 Å². The molecule has 70 valence electrons. The van der Waals surface area contributed by atoms with Gasteiger partial charge in [0.2, 0.25) is 0 Å². The molecule has 1 aromatic carbocycles. The number of rotatable bonds is 3. The number of carboxylic acid groups (broad SMARTS) is 1. The maximum atomic E-state index is 10.5. The summed E-state index contributed by atoms with van der Waals surface area (Å²) in [6, 6.07) is 4.71. The largest absolute Gasteiger partial charge is 0.478 e. The molecule has 3 nitrogen and oxygen atoms in total. The number of halogens is 1. The standard InChI is InChI=1S/C9H10ClNO2/c1-11-5-7-3-2-6(9(12)13)4-8(7)10/h2-4,11H,5H2,1H3,(H,12,13). The SMILES string of the molecule is CNCc1ccc(C(=O)O)cc1Cl. The fourth-order valence-electron chi connectivity index (χ4n) is 1.01. The smallest absolute Gasteiger partial charge is 0.335 e. The molecule has 2 N–H and O–H groups in total. The van der Waals surface area contributed by atoms with Gasteiger partial charge in [-0.25, -0.2) is 4.79 Å². The van der Waals surface area contributed by atoms with Gasteiger partial charge in [0.15, 0.2) is 0 Å². The summed E-state index contributed by atoms with van der Waals surface area (Å²) in [4.78, 5) is 10.5. The highest BCUT2D eigenvalue weighted by molar-refractivity contribution is 6.31. The molecule has 0 saturated carbocycles. The minimum Gasteiger partial charge on any atom is -0.478 e. The van der Waals surface area contributed by atoms with Crippen LogP contribution >= 0.6 is 11.6 Å². The van der Waals surface area contributed by atoms with E-state index in [1.165, 1.54) is 6.07 Å². The molecule has 13 heavy (non-hydrogen) atoms. The molecule has 0 spiro atoms. The minimum absolute atomic E-state index is 0.213. The van der Waals surface area contributed by atoms with Crippen LogP contribution in [0.25, 0.3) is 0 Å². The van der Waals surface area contributed by atoms with Gasteiger partial charge in [-0.2, -0.15) is 0 Å². The summed E-state index contributed by atoms with van der Waals surface area (Å²) in [5.41, 5.74) is 1.11. The van der Waals surface area contributed by atoms with E-state index in [9.17, 15) is 4.79 Å². The summed E-state index contributed by atoms with van der Waals surface area (Å²) in [5.74, 6) is -0.960. The Morgan fingerprint density at radius 1 is 1.62 bits per heavy atom. The van der Waals surface area contributed by atoms with E-state index in [4.69, 9.17) is 16.7 Å². The fourth-order valence-corrected chi connectivity index (χ4v) is 1.26. The van der Waals surface area contributed by atoms with Crippen molar-refractivity contribution in [2.45, 2.75) is 6.54 Å². The summed E-state index contributed by atoms with van der Waals surface area (Å²) in [5, 5.41) is 12.1. The van der Waals surface area contributed by atoms with Gasteiger partial charge in [-0.3, -0.25) is 0 Å². The number of nitrogens with one attached hydrogen (secondary N) is 1. The monoisotopic (exact) mass is 199 g/mol. The highest BCUT2D eigenvalue weighted by Crippen LogP contribution is 2.17. The van der Waals surface area contributed by atoms with Gasteiger partial charge in [-0.05, 0) is 24.7 Å². The number of aromatic carboxylic acids is 1. The topological polar surface area (TPSA) is 49.3 Å². The highest BCUT2D eigenvalue weighted by atomic mass is 35.5. The van der Waals surface area contributed by atoms with Gasteiger partial charge >= 0.3 is 5.97 Å². The second kappa shape index (κ2) is 4.25. The second-order valence-electron chi connectivity index (χ2n) is 2.64. The Morgan fingerprint density at radius 3 is 2.77 bits per heavy atom. The lowest BCUT2D eigenvalue weighted by atomic mass is 10.1. The second-order valence-corrected chi connectivity index (χ2v) is 3.05. The van der Waals surface area contributed by atoms with Crippen LogP contribution in [0.4, 0.5) is 0 Å². The third-order valence-corrected chi connectivity index (χ3v) is 2.02. The van der Waals surface area contributed by atoms with Gasteiger partial charge in [0.1, 0.15) is 0 Å². The molecule has 0 amide bonds. The summed E-state index contributed by atoms with van der Waals surface area (Å²) in [6.45, 7) is 0.638. The van der Waals surface area contributed by atoms with Crippen LogP contribution in [0.5, 0.6) is 0 Å². The predicted molar refractivity (Wildman–Crippen MR) is 51.2 cm³/mol. The van der Waals surface area contributed by atoms with Crippen molar-refractivity contribution < 1.29 is 9.90 Å². The fraction of sp³-hybridized carbons (Fsp3) is 0.222. The molecule has 0 radical (unpaired) electrons. The zero-order chi connectivity index (χ0) is 9.84. The average molecular weight is 200 g/mol. The van der Waals surface area contributed by atoms with Crippen LogP contribution < -0.4 is 5.32 Å². The molecule has 0 aliphatic heterocycles. The molecule has 1 aromatic rings. The molecular formula is C9H10ClNO2. The summed E-state index contributed by atoms with van der Waals surface area (Å²) < 4.78 is 0. The molecule has 0 unspecified atom stereocenters. The van der Waals surface area contributed by atoms with Crippen LogP contribution in [-0.2, 0) is 6.54 Å². The lowest BCUT2D eigenvalue weighted by Crippen LogP contribution is -2.06. The van der Waals surface area contributed by atoms with E-state index in [0.717, 1.165) is 5.56 Å². The Kier molecular flexibility index (Phi) is 3.28. The molecule has 1 rings (SSSR count). The van der Waals surface area contributed by atoms with Crippen molar-refractivity contribution in [3.05, 3.63) is 34.3 Å². The average Bonchev–Trinajstić information content (AvgIpc) is 2.08. The zero-order valence-electron chi connectivity index (χ0n) is 7.17. The molecule has 0 bridgehead atoms. The van der Waals surface area contributed by atoms with Gasteiger partial charge in [-0.1, -0.05) is 17.7 Å². The zero-order valence-corrected chi connectivity index (χ0v) is 7.93. The third kappa shape index (κ3) is 2.44. The summed E-state index contributed by atoms with van der Waals surface area (Å²) in [7, 11) is 1.81. The van der Waals surface area contributed by atoms with Crippen molar-refractivity contribution in [3.63, 3.8) is 0 Å². The normalized spacial score (nSPS) is 10.0. The number of hydrogen-bond donors (Lipinski definition) is 2. The Balaban J connectivity index is 2.98. The summed E-state index contributed by atoms with van der Waals surface area (Å²) >= 11 is 5.85. The number of carbonyl (C=O) groups is 1. The van der Waals surface area contributed by atoms with Crippen LogP contribution in [0.2, 0.25) is 5.02 Å². The minimum atomic E-state index is -0.960. The quantitative estimate of drug-likeness (QED) is 0.780. The first-order valence-electron chi connectivity index (χ1n) is 3.81. The van der Waals surface area contributed by atoms with Gasteiger partial charge in [-0.15, -0.1) is 0 Å². The number of benzene rings is 1. The Morgan fingerprint density at radius 2 is 2.31 bits per heavy atom. The van der Waals surface area contributed by atoms with E-state index in [1.807, 2.05) is 0 Å². The van der Waals surface area contributed by atoms with Crippen LogP contribution in [-0.4, -0.2) is 18.1 Å². The van der Waals surface area contributed by atoms with E-state index in [-0.39, 0.29) is 5.56 Å². The highest BCUT2D eigenvalue weighted by Gasteiger charge is 2.05. The maximum absolute atomic E-state index is 10.5. The van der Waals surface area contributed by atoms with Crippen LogP contribution in [0.3, 0.4) is 0 Å². The first kappa shape index (κ1) is 10.0. The molecule has 0 aromatic heterocycles. The molecule has 0 heterocycles. The first-order chi connectivity index (χ1) is 6.15. The molecule has 0 aliphatic carbocycles. The first-order valence-corrected chi connectivity index (χ1v) is 4.19. The molecule has 4 heteroatoms. The molecule has 0 saturated heterocycles. The van der Waals surface area contributed by atoms with E-state index in [2.05, 4.69) is 5.32 Å². The van der Waals surface area contributed by atoms with Gasteiger partial charge < -0.3 is 10.4 Å². The van der Waals surface area contributed by atoms with E-state index in [0.29, 0.717) is 11.6 Å². The number of carboxylic acids is 1. The van der Waals surface area contributed by atoms with Crippen LogP contribution in [0.1, 0.15) is 15.9 Å². The van der Waals surface area contributed by atoms with E-state index in [1.54, 1.807) is 19.2 Å². The summed E-state index contributed by atoms with van der Waals surface area (Å²) in [6.07, 6.45) is 0. The van der Waals surface area contributed by atoms with Crippen molar-refractivity contribution in [3.8, 4) is 0 Å². The Labute approximate surface area is 81.3 Å². The maximum Gasteiger partial charge on any atom is 0.335 e. The Bertz CT molecular complexity index is 325. The number of hydrogen-bond acceptors (Lipinski definition) is 2. The molecule has 0 atom stereocenters. The third-order valence-electron chi connectivity index (χ3n) is 1.67. The Hall–Kier alpha value is -1.06. The molecule has 0 aliphatic rings. The predicted octanol–water partition coefficient (Wildman–Crippen LogP) is 1.76. The van der Waals surface area contributed by atoms with Crippen molar-refractivity contribution >= 4 is 17.6 Å². The van der Waals surface area contributed by atoms with Gasteiger partial charge in [0.05, 0.1) is 5.56 Å². The van der Waals surface area contributed by atoms with Gasteiger partial charge in [0, 0.05) is 11.6 Å². The van der Waals surface area contributed by atoms with Crippen LogP contribution in [0, 0.1) is 0 Å². The van der Waals surface area contributed by atoms with Crippen molar-refractivity contribution in [2.24, 2.45) is 0 Å². The van der Waals surface area contributed by atoms with Crippen molar-refractivity contribution in [1.82, 2.24) is 5.32 Å². The van der Waals surface area contributed by atoms with Crippen molar-refractivity contribution in [2.75, 3.05) is 7.05 Å². The van der Waals surface area contributed by atoms with Crippen LogP contribution in [0.15, 0.2) is 18.2 Å². The van der Waals surface area contributed by atoms with Crippen molar-refractivity contribution in [1.29, 1.82) is 0 Å². The molecular weight excluding hydrogens is 190 g/mol. The lowest BCUT2D eigenvalue weighted by molar-refractivity contribution is 0.0697. The molecule has 0 fully saturated rings. The van der Waals surface area contributed by atoms with Gasteiger partial charge in [0.25, 0.3) is 0 Å². The van der Waals surface area contributed by atoms with E-state index < -0.39 is 5.97 Å². The lowest BCUT2D eigenvalue weighted by Gasteiger charge is -2.03.